The SMILES string of the molecule is Cc1ccc2[nH]ncc2c1-c1nc(-c2cn(C)nc2NC2CCCC2)nc(C(N)=O)c1N. The molecule has 0 unspecified atom stereocenters. The van der Waals surface area contributed by atoms with Gasteiger partial charge < -0.3 is 16.8 Å². The number of H-pyrrole nitrogens is 1. The lowest BCUT2D eigenvalue weighted by Crippen LogP contribution is -2.18. The van der Waals surface area contributed by atoms with Crippen molar-refractivity contribution < 1.29 is 4.79 Å². The Morgan fingerprint density at radius 3 is 2.78 bits per heavy atom. The van der Waals surface area contributed by atoms with Gasteiger partial charge in [-0.1, -0.05) is 18.9 Å². The first-order valence-electron chi connectivity index (χ1n) is 10.6. The van der Waals surface area contributed by atoms with Crippen molar-refractivity contribution in [1.29, 1.82) is 0 Å². The molecule has 0 spiro atoms. The van der Waals surface area contributed by atoms with Crippen LogP contribution in [0.25, 0.3) is 33.5 Å². The molecule has 10 nitrogen and oxygen atoms in total. The van der Waals surface area contributed by atoms with Crippen molar-refractivity contribution >= 4 is 28.3 Å². The number of nitrogen functional groups attached to an aromatic ring is 1. The zero-order valence-electron chi connectivity index (χ0n) is 18.0. The number of carbonyl (C=O) groups excluding carboxylic acids is 1. The molecule has 5 rings (SSSR count). The Balaban J connectivity index is 1.72. The fraction of sp³-hybridized carbons (Fsp3) is 0.318. The summed E-state index contributed by atoms with van der Waals surface area (Å²) >= 11 is 0. The molecule has 1 aromatic carbocycles. The quantitative estimate of drug-likeness (QED) is 0.379. The second-order valence-corrected chi connectivity index (χ2v) is 8.30. The van der Waals surface area contributed by atoms with Crippen molar-refractivity contribution in [2.45, 2.75) is 38.6 Å². The average molecular weight is 432 g/mol. The van der Waals surface area contributed by atoms with Crippen LogP contribution < -0.4 is 16.8 Å². The van der Waals surface area contributed by atoms with Crippen molar-refractivity contribution in [1.82, 2.24) is 29.9 Å². The molecule has 10 heteroatoms. The van der Waals surface area contributed by atoms with E-state index in [-0.39, 0.29) is 11.4 Å². The van der Waals surface area contributed by atoms with E-state index in [9.17, 15) is 4.79 Å². The highest BCUT2D eigenvalue weighted by Gasteiger charge is 2.24. The van der Waals surface area contributed by atoms with E-state index in [1.807, 2.05) is 32.3 Å². The number of nitrogens with two attached hydrogens (primary N) is 2. The molecule has 164 valence electrons. The second-order valence-electron chi connectivity index (χ2n) is 8.30. The van der Waals surface area contributed by atoms with Gasteiger partial charge in [-0.15, -0.1) is 0 Å². The van der Waals surface area contributed by atoms with Gasteiger partial charge in [0.2, 0.25) is 0 Å². The van der Waals surface area contributed by atoms with Crippen LogP contribution in [0, 0.1) is 6.92 Å². The number of benzene rings is 1. The Bertz CT molecular complexity index is 1330. The van der Waals surface area contributed by atoms with E-state index in [1.165, 1.54) is 12.8 Å². The van der Waals surface area contributed by atoms with Crippen LogP contribution in [0.2, 0.25) is 0 Å². The van der Waals surface area contributed by atoms with Crippen molar-refractivity contribution in [3.05, 3.63) is 35.8 Å². The van der Waals surface area contributed by atoms with Crippen molar-refractivity contribution in [3.63, 3.8) is 0 Å². The summed E-state index contributed by atoms with van der Waals surface area (Å²) in [5.41, 5.74) is 15.9. The molecule has 0 aliphatic heterocycles. The van der Waals surface area contributed by atoms with Gasteiger partial charge in [0.25, 0.3) is 5.91 Å². The minimum Gasteiger partial charge on any atom is -0.395 e. The molecular formula is C22H25N9O. The van der Waals surface area contributed by atoms with Crippen molar-refractivity contribution in [2.24, 2.45) is 12.8 Å². The molecule has 0 bridgehead atoms. The number of nitrogens with zero attached hydrogens (tertiary/aromatic N) is 5. The molecule has 3 aromatic heterocycles. The number of primary amides is 1. The average Bonchev–Trinajstić information content (AvgIpc) is 3.50. The topological polar surface area (TPSA) is 153 Å². The minimum absolute atomic E-state index is 0.0134. The summed E-state index contributed by atoms with van der Waals surface area (Å²) in [6, 6.07) is 4.26. The number of aromatic nitrogens is 6. The third-order valence-electron chi connectivity index (χ3n) is 6.01. The van der Waals surface area contributed by atoms with E-state index >= 15 is 0 Å². The van der Waals surface area contributed by atoms with Crippen LogP contribution >= 0.6 is 0 Å². The van der Waals surface area contributed by atoms with Gasteiger partial charge in [0.15, 0.2) is 17.3 Å². The number of fused-ring (bicyclic) bond motifs is 1. The third-order valence-corrected chi connectivity index (χ3v) is 6.01. The lowest BCUT2D eigenvalue weighted by atomic mass is 9.99. The van der Waals surface area contributed by atoms with Crippen molar-refractivity contribution in [2.75, 3.05) is 11.1 Å². The predicted molar refractivity (Wildman–Crippen MR) is 123 cm³/mol. The molecule has 6 N–H and O–H groups in total. The number of carbonyl (C=O) groups is 1. The summed E-state index contributed by atoms with van der Waals surface area (Å²) < 4.78 is 1.71. The first kappa shape index (κ1) is 20.0. The summed E-state index contributed by atoms with van der Waals surface area (Å²) in [7, 11) is 1.84. The molecule has 1 amide bonds. The van der Waals surface area contributed by atoms with Crippen LogP contribution in [0.5, 0.6) is 0 Å². The zero-order chi connectivity index (χ0) is 22.4. The zero-order valence-corrected chi connectivity index (χ0v) is 18.0. The molecule has 1 fully saturated rings. The molecule has 1 aliphatic rings. The van der Waals surface area contributed by atoms with E-state index < -0.39 is 5.91 Å². The van der Waals surface area contributed by atoms with Gasteiger partial charge in [-0.3, -0.25) is 14.6 Å². The first-order valence-corrected chi connectivity index (χ1v) is 10.6. The molecule has 1 aliphatic carbocycles. The number of aryl methyl sites for hydroxylation is 2. The first-order chi connectivity index (χ1) is 15.4. The number of aromatic amines is 1. The number of nitrogens with one attached hydrogen (secondary N) is 2. The maximum Gasteiger partial charge on any atom is 0.269 e. The van der Waals surface area contributed by atoms with Gasteiger partial charge in [-0.2, -0.15) is 10.2 Å². The second kappa shape index (κ2) is 7.63. The Morgan fingerprint density at radius 1 is 1.25 bits per heavy atom. The largest absolute Gasteiger partial charge is 0.395 e. The fourth-order valence-electron chi connectivity index (χ4n) is 4.43. The monoisotopic (exact) mass is 431 g/mol. The normalized spacial score (nSPS) is 14.3. The van der Waals surface area contributed by atoms with Gasteiger partial charge in [0.05, 0.1) is 28.7 Å². The molecule has 0 radical (unpaired) electrons. The maximum atomic E-state index is 12.3. The molecule has 1 saturated carbocycles. The lowest BCUT2D eigenvalue weighted by molar-refractivity contribution is 0.0996. The Morgan fingerprint density at radius 2 is 2.03 bits per heavy atom. The highest BCUT2D eigenvalue weighted by Crippen LogP contribution is 2.37. The number of anilines is 2. The van der Waals surface area contributed by atoms with E-state index in [0.717, 1.165) is 34.9 Å². The highest BCUT2D eigenvalue weighted by atomic mass is 16.1. The van der Waals surface area contributed by atoms with Gasteiger partial charge in [-0.05, 0) is 31.4 Å². The minimum atomic E-state index is -0.710. The van der Waals surface area contributed by atoms with Crippen LogP contribution in [0.15, 0.2) is 24.5 Å². The van der Waals surface area contributed by atoms with Crippen LogP contribution in [0.4, 0.5) is 11.5 Å². The molecule has 3 heterocycles. The van der Waals surface area contributed by atoms with Gasteiger partial charge >= 0.3 is 0 Å². The highest BCUT2D eigenvalue weighted by molar-refractivity contribution is 6.04. The van der Waals surface area contributed by atoms with Crippen LogP contribution in [0.3, 0.4) is 0 Å². The number of rotatable bonds is 5. The molecule has 0 saturated heterocycles. The van der Waals surface area contributed by atoms with Gasteiger partial charge in [-0.25, -0.2) is 9.97 Å². The Labute approximate surface area is 184 Å². The molecule has 4 aromatic rings. The van der Waals surface area contributed by atoms with E-state index in [4.69, 9.17) is 16.5 Å². The predicted octanol–water partition coefficient (Wildman–Crippen LogP) is 2.76. The van der Waals surface area contributed by atoms with Crippen LogP contribution in [-0.2, 0) is 7.05 Å². The number of hydrogen-bond donors (Lipinski definition) is 4. The smallest absolute Gasteiger partial charge is 0.269 e. The molecule has 32 heavy (non-hydrogen) atoms. The van der Waals surface area contributed by atoms with Gasteiger partial charge in [0, 0.05) is 30.2 Å². The summed E-state index contributed by atoms with van der Waals surface area (Å²) in [4.78, 5) is 21.5. The van der Waals surface area contributed by atoms with Crippen LogP contribution in [0.1, 0.15) is 41.7 Å². The van der Waals surface area contributed by atoms with E-state index in [0.29, 0.717) is 28.9 Å². The fourth-order valence-corrected chi connectivity index (χ4v) is 4.43. The summed E-state index contributed by atoms with van der Waals surface area (Å²) in [5.74, 6) is 0.318. The summed E-state index contributed by atoms with van der Waals surface area (Å²) in [6.07, 6.45) is 8.14. The summed E-state index contributed by atoms with van der Waals surface area (Å²) in [6.45, 7) is 1.96. The van der Waals surface area contributed by atoms with Crippen LogP contribution in [-0.4, -0.2) is 41.9 Å². The Hall–Kier alpha value is -3.95. The summed E-state index contributed by atoms with van der Waals surface area (Å²) in [5, 5.41) is 16.1. The standard InChI is InChI=1S/C22H25N9O/c1-11-7-8-15-13(9-25-29-15)16(11)18-17(23)19(20(24)32)28-21(27-18)14-10-31(2)30-22(14)26-12-5-3-4-6-12/h7-10,12H,3-6,23H2,1-2H3,(H2,24,32)(H,25,29)(H,26,30). The Kier molecular flexibility index (Phi) is 4.76. The van der Waals surface area contributed by atoms with Crippen molar-refractivity contribution in [3.8, 4) is 22.6 Å². The molecule has 0 atom stereocenters. The molecular weight excluding hydrogens is 406 g/mol. The lowest BCUT2D eigenvalue weighted by Gasteiger charge is -2.15. The number of amides is 1. The van der Waals surface area contributed by atoms with E-state index in [1.54, 1.807) is 10.9 Å². The third kappa shape index (κ3) is 3.33. The maximum absolute atomic E-state index is 12.3. The number of hydrogen-bond acceptors (Lipinski definition) is 7. The van der Waals surface area contributed by atoms with Gasteiger partial charge in [0.1, 0.15) is 0 Å². The van der Waals surface area contributed by atoms with E-state index in [2.05, 4.69) is 25.6 Å².